The minimum atomic E-state index is 0.575. The van der Waals surface area contributed by atoms with Crippen molar-refractivity contribution in [3.63, 3.8) is 0 Å². The zero-order valence-corrected chi connectivity index (χ0v) is 11.3. The molecule has 0 aromatic heterocycles. The summed E-state index contributed by atoms with van der Waals surface area (Å²) in [6.45, 7) is 6.04. The molecule has 1 N–H and O–H groups in total. The second-order valence-electron chi connectivity index (χ2n) is 4.55. The van der Waals surface area contributed by atoms with Gasteiger partial charge in [0, 0.05) is 29.6 Å². The number of hydrogen-bond acceptors (Lipinski definition) is 2. The van der Waals surface area contributed by atoms with Gasteiger partial charge in [-0.25, -0.2) is 0 Å². The molecule has 0 fully saturated rings. The van der Waals surface area contributed by atoms with E-state index in [2.05, 4.69) is 19.2 Å². The van der Waals surface area contributed by atoms with Crippen LogP contribution in [0.3, 0.4) is 0 Å². The number of hydrogen-bond donors (Lipinski definition) is 1. The van der Waals surface area contributed by atoms with E-state index in [0.717, 1.165) is 43.2 Å². The highest BCUT2D eigenvalue weighted by Crippen LogP contribution is 2.32. The summed E-state index contributed by atoms with van der Waals surface area (Å²) in [5.74, 6) is 1.05. The Hall–Kier alpha value is -0.730. The van der Waals surface area contributed by atoms with E-state index in [9.17, 15) is 0 Å². The van der Waals surface area contributed by atoms with Gasteiger partial charge >= 0.3 is 0 Å². The Kier molecular flexibility index (Phi) is 4.30. The molecule has 1 aliphatic rings. The SMILES string of the molecule is CCC(CC)NCc1cc(Cl)cc2c1OCC2. The topological polar surface area (TPSA) is 21.3 Å². The number of ether oxygens (including phenoxy) is 1. The number of rotatable bonds is 5. The fourth-order valence-electron chi connectivity index (χ4n) is 2.31. The molecule has 0 aliphatic carbocycles. The van der Waals surface area contributed by atoms with Gasteiger partial charge in [-0.3, -0.25) is 0 Å². The van der Waals surface area contributed by atoms with Crippen molar-refractivity contribution in [2.45, 2.75) is 45.7 Å². The molecule has 0 saturated heterocycles. The van der Waals surface area contributed by atoms with Gasteiger partial charge in [-0.05, 0) is 30.5 Å². The maximum absolute atomic E-state index is 6.13. The van der Waals surface area contributed by atoms with E-state index in [0.29, 0.717) is 6.04 Å². The Bertz CT molecular complexity index is 388. The lowest BCUT2D eigenvalue weighted by Gasteiger charge is -2.16. The van der Waals surface area contributed by atoms with E-state index in [-0.39, 0.29) is 0 Å². The van der Waals surface area contributed by atoms with Crippen LogP contribution in [0.15, 0.2) is 12.1 Å². The summed E-state index contributed by atoms with van der Waals surface area (Å²) in [7, 11) is 0. The second-order valence-corrected chi connectivity index (χ2v) is 4.98. The highest BCUT2D eigenvalue weighted by molar-refractivity contribution is 6.30. The van der Waals surface area contributed by atoms with Crippen molar-refractivity contribution in [2.75, 3.05) is 6.61 Å². The molecule has 2 rings (SSSR count). The normalized spacial score (nSPS) is 13.9. The molecule has 0 bridgehead atoms. The molecule has 94 valence electrons. The van der Waals surface area contributed by atoms with E-state index in [4.69, 9.17) is 16.3 Å². The molecule has 3 heteroatoms. The number of fused-ring (bicyclic) bond motifs is 1. The van der Waals surface area contributed by atoms with Gasteiger partial charge in [0.05, 0.1) is 6.61 Å². The summed E-state index contributed by atoms with van der Waals surface area (Å²) in [5.41, 5.74) is 2.44. The van der Waals surface area contributed by atoms with Crippen LogP contribution in [-0.4, -0.2) is 12.6 Å². The fraction of sp³-hybridized carbons (Fsp3) is 0.571. The zero-order chi connectivity index (χ0) is 12.3. The Morgan fingerprint density at radius 2 is 2.12 bits per heavy atom. The molecule has 1 aromatic rings. The number of benzene rings is 1. The van der Waals surface area contributed by atoms with Crippen molar-refractivity contribution < 1.29 is 4.74 Å². The average molecular weight is 254 g/mol. The van der Waals surface area contributed by atoms with Crippen molar-refractivity contribution in [3.8, 4) is 5.75 Å². The van der Waals surface area contributed by atoms with Crippen molar-refractivity contribution >= 4 is 11.6 Å². The monoisotopic (exact) mass is 253 g/mol. The molecule has 0 amide bonds. The third-order valence-electron chi connectivity index (χ3n) is 3.39. The number of nitrogens with one attached hydrogen (secondary N) is 1. The first kappa shape index (κ1) is 12.7. The molecule has 0 radical (unpaired) electrons. The van der Waals surface area contributed by atoms with Gasteiger partial charge in [-0.1, -0.05) is 25.4 Å². The van der Waals surface area contributed by atoms with Crippen LogP contribution >= 0.6 is 11.6 Å². The minimum absolute atomic E-state index is 0.575. The molecule has 0 saturated carbocycles. The van der Waals surface area contributed by atoms with Gasteiger partial charge in [-0.15, -0.1) is 0 Å². The minimum Gasteiger partial charge on any atom is -0.493 e. The summed E-state index contributed by atoms with van der Waals surface area (Å²) in [6.07, 6.45) is 3.29. The predicted octanol–water partition coefficient (Wildman–Crippen LogP) is 3.55. The maximum atomic E-state index is 6.13. The molecule has 1 heterocycles. The number of halogens is 1. The molecule has 0 unspecified atom stereocenters. The van der Waals surface area contributed by atoms with Crippen molar-refractivity contribution in [3.05, 3.63) is 28.3 Å². The highest BCUT2D eigenvalue weighted by atomic mass is 35.5. The fourth-order valence-corrected chi connectivity index (χ4v) is 2.57. The van der Waals surface area contributed by atoms with Crippen LogP contribution in [0, 0.1) is 0 Å². The van der Waals surface area contributed by atoms with E-state index in [1.54, 1.807) is 0 Å². The quantitative estimate of drug-likeness (QED) is 0.867. The Morgan fingerprint density at radius 3 is 2.82 bits per heavy atom. The van der Waals surface area contributed by atoms with Crippen LogP contribution in [0.25, 0.3) is 0 Å². The standard InChI is InChI=1S/C14H20ClNO/c1-3-13(4-2)16-9-11-8-12(15)7-10-5-6-17-14(10)11/h7-8,13,16H,3-6,9H2,1-2H3. The third-order valence-corrected chi connectivity index (χ3v) is 3.61. The molecule has 0 atom stereocenters. The van der Waals surface area contributed by atoms with E-state index < -0.39 is 0 Å². The highest BCUT2D eigenvalue weighted by Gasteiger charge is 2.17. The van der Waals surface area contributed by atoms with Gasteiger partial charge in [-0.2, -0.15) is 0 Å². The van der Waals surface area contributed by atoms with Gasteiger partial charge in [0.1, 0.15) is 5.75 Å². The summed E-state index contributed by atoms with van der Waals surface area (Å²) in [4.78, 5) is 0. The van der Waals surface area contributed by atoms with Gasteiger partial charge in [0.25, 0.3) is 0 Å². The molecular weight excluding hydrogens is 234 g/mol. The summed E-state index contributed by atoms with van der Waals surface area (Å²) < 4.78 is 5.69. The summed E-state index contributed by atoms with van der Waals surface area (Å²) in [5, 5.41) is 4.37. The van der Waals surface area contributed by atoms with Crippen molar-refractivity contribution in [2.24, 2.45) is 0 Å². The Balaban J connectivity index is 2.10. The van der Waals surface area contributed by atoms with Crippen LogP contribution < -0.4 is 10.1 Å². The first-order valence-corrected chi connectivity index (χ1v) is 6.79. The molecule has 0 spiro atoms. The van der Waals surface area contributed by atoms with Crippen LogP contribution in [0.4, 0.5) is 0 Å². The van der Waals surface area contributed by atoms with Crippen molar-refractivity contribution in [1.29, 1.82) is 0 Å². The van der Waals surface area contributed by atoms with Gasteiger partial charge < -0.3 is 10.1 Å². The smallest absolute Gasteiger partial charge is 0.127 e. The van der Waals surface area contributed by atoms with Crippen LogP contribution in [0.2, 0.25) is 5.02 Å². The van der Waals surface area contributed by atoms with Crippen LogP contribution in [-0.2, 0) is 13.0 Å². The molecule has 17 heavy (non-hydrogen) atoms. The molecule has 1 aromatic carbocycles. The second kappa shape index (κ2) is 5.74. The van der Waals surface area contributed by atoms with Crippen LogP contribution in [0.1, 0.15) is 37.8 Å². The molecule has 2 nitrogen and oxygen atoms in total. The van der Waals surface area contributed by atoms with E-state index >= 15 is 0 Å². The van der Waals surface area contributed by atoms with Gasteiger partial charge in [0.2, 0.25) is 0 Å². The largest absolute Gasteiger partial charge is 0.493 e. The molecular formula is C14H20ClNO. The summed E-state index contributed by atoms with van der Waals surface area (Å²) in [6, 6.07) is 4.61. The lowest BCUT2D eigenvalue weighted by molar-refractivity contribution is 0.351. The Morgan fingerprint density at radius 1 is 1.35 bits per heavy atom. The average Bonchev–Trinajstić information content (AvgIpc) is 2.78. The first-order valence-electron chi connectivity index (χ1n) is 6.42. The van der Waals surface area contributed by atoms with Crippen molar-refractivity contribution in [1.82, 2.24) is 5.32 Å². The Labute approximate surface area is 108 Å². The lowest BCUT2D eigenvalue weighted by atomic mass is 10.1. The first-order chi connectivity index (χ1) is 8.24. The summed E-state index contributed by atoms with van der Waals surface area (Å²) >= 11 is 6.13. The van der Waals surface area contributed by atoms with E-state index in [1.807, 2.05) is 12.1 Å². The predicted molar refractivity (Wildman–Crippen MR) is 71.9 cm³/mol. The third kappa shape index (κ3) is 2.93. The zero-order valence-electron chi connectivity index (χ0n) is 10.6. The van der Waals surface area contributed by atoms with Gasteiger partial charge in [0.15, 0.2) is 0 Å². The molecule has 1 aliphatic heterocycles. The van der Waals surface area contributed by atoms with E-state index in [1.165, 1.54) is 11.1 Å². The lowest BCUT2D eigenvalue weighted by Crippen LogP contribution is -2.27. The maximum Gasteiger partial charge on any atom is 0.127 e. The van der Waals surface area contributed by atoms with Crippen LogP contribution in [0.5, 0.6) is 5.75 Å².